The van der Waals surface area contributed by atoms with Gasteiger partial charge in [-0.3, -0.25) is 4.68 Å². The number of rotatable bonds is 6. The molecule has 31 heavy (non-hydrogen) atoms. The van der Waals surface area contributed by atoms with Crippen molar-refractivity contribution in [2.75, 3.05) is 0 Å². The van der Waals surface area contributed by atoms with Crippen molar-refractivity contribution >= 4 is 11.0 Å². The molecule has 0 aliphatic rings. The molecule has 0 aliphatic carbocycles. The maximum atomic E-state index is 12.3. The van der Waals surface area contributed by atoms with Crippen LogP contribution in [-0.4, -0.2) is 41.4 Å². The number of fused-ring (bicyclic) bond motifs is 1. The number of alkyl halides is 2. The Morgan fingerprint density at radius 2 is 1.94 bits per heavy atom. The number of aromatic amines is 1. The van der Waals surface area contributed by atoms with Gasteiger partial charge in [0.05, 0.1) is 18.9 Å². The molecule has 10 heteroatoms. The van der Waals surface area contributed by atoms with Crippen LogP contribution in [0.1, 0.15) is 5.56 Å². The van der Waals surface area contributed by atoms with E-state index in [1.165, 1.54) is 12.1 Å². The summed E-state index contributed by atoms with van der Waals surface area (Å²) in [6, 6.07) is 8.49. The number of aryl methyl sites for hydroxylation is 1. The van der Waals surface area contributed by atoms with Gasteiger partial charge in [-0.15, -0.1) is 5.10 Å². The molecule has 0 bridgehead atoms. The quantitative estimate of drug-likeness (QED) is 0.450. The number of aromatic nitrogens is 7. The fourth-order valence-electron chi connectivity index (χ4n) is 3.41. The summed E-state index contributed by atoms with van der Waals surface area (Å²) in [6.07, 6.45) is 9.22. The number of H-pyrrole nitrogens is 1. The Morgan fingerprint density at radius 1 is 1.10 bits per heavy atom. The number of halogens is 2. The number of nitrogens with zero attached hydrogens (tertiary/aromatic N) is 6. The Balaban J connectivity index is 1.40. The lowest BCUT2D eigenvalue weighted by Crippen LogP contribution is -2.03. The van der Waals surface area contributed by atoms with Crippen LogP contribution in [0.25, 0.3) is 33.4 Å². The van der Waals surface area contributed by atoms with Crippen LogP contribution in [0.5, 0.6) is 5.75 Å². The van der Waals surface area contributed by atoms with Crippen LogP contribution < -0.4 is 4.74 Å². The number of nitrogens with one attached hydrogen (secondary N) is 1. The maximum Gasteiger partial charge on any atom is 0.387 e. The molecular weight excluding hydrogens is 404 g/mol. The van der Waals surface area contributed by atoms with Crippen molar-refractivity contribution in [3.05, 3.63) is 66.9 Å². The molecular formula is C21H17F2N7O. The Labute approximate surface area is 175 Å². The summed E-state index contributed by atoms with van der Waals surface area (Å²) >= 11 is 0. The average Bonchev–Trinajstić information content (AvgIpc) is 3.48. The van der Waals surface area contributed by atoms with Gasteiger partial charge in [0.25, 0.3) is 0 Å². The van der Waals surface area contributed by atoms with Gasteiger partial charge in [0.1, 0.15) is 17.1 Å². The van der Waals surface area contributed by atoms with E-state index >= 15 is 0 Å². The molecule has 0 spiro atoms. The van der Waals surface area contributed by atoms with Crippen molar-refractivity contribution in [1.29, 1.82) is 0 Å². The standard InChI is InChI=1S/C21H17F2N7O/c1-29-11-15(8-26-29)14-6-17-18(9-25-20(17)24-7-14)19-12-30(28-27-19)10-13-2-4-16(5-3-13)31-21(22)23/h2-9,11-12,21H,10H2,1H3,(H,24,25). The molecule has 0 radical (unpaired) electrons. The number of benzene rings is 1. The van der Waals surface area contributed by atoms with Crippen molar-refractivity contribution < 1.29 is 13.5 Å². The molecule has 0 amide bonds. The molecule has 1 N–H and O–H groups in total. The highest BCUT2D eigenvalue weighted by Gasteiger charge is 2.13. The Bertz CT molecular complexity index is 1340. The monoisotopic (exact) mass is 421 g/mol. The van der Waals surface area contributed by atoms with Gasteiger partial charge < -0.3 is 9.72 Å². The molecule has 1 aromatic carbocycles. The van der Waals surface area contributed by atoms with Crippen LogP contribution in [-0.2, 0) is 13.6 Å². The second kappa shape index (κ2) is 7.63. The van der Waals surface area contributed by atoms with Gasteiger partial charge in [0.15, 0.2) is 0 Å². The normalized spacial score (nSPS) is 11.5. The third kappa shape index (κ3) is 3.87. The Hall–Kier alpha value is -4.08. The summed E-state index contributed by atoms with van der Waals surface area (Å²) < 4.78 is 32.4. The van der Waals surface area contributed by atoms with Gasteiger partial charge in [0.2, 0.25) is 0 Å². The molecule has 0 fully saturated rings. The van der Waals surface area contributed by atoms with E-state index in [4.69, 9.17) is 0 Å². The van der Waals surface area contributed by atoms with E-state index in [2.05, 4.69) is 30.1 Å². The summed E-state index contributed by atoms with van der Waals surface area (Å²) in [5, 5.41) is 13.6. The first kappa shape index (κ1) is 18.9. The first-order valence-electron chi connectivity index (χ1n) is 9.45. The smallest absolute Gasteiger partial charge is 0.387 e. The highest BCUT2D eigenvalue weighted by molar-refractivity contribution is 5.94. The van der Waals surface area contributed by atoms with Gasteiger partial charge >= 0.3 is 6.61 Å². The van der Waals surface area contributed by atoms with Crippen LogP contribution >= 0.6 is 0 Å². The average molecular weight is 421 g/mol. The molecule has 156 valence electrons. The first-order valence-corrected chi connectivity index (χ1v) is 9.45. The molecule has 5 aromatic rings. The van der Waals surface area contributed by atoms with E-state index in [1.54, 1.807) is 33.9 Å². The minimum absolute atomic E-state index is 0.119. The van der Waals surface area contributed by atoms with Crippen LogP contribution in [0, 0.1) is 0 Å². The van der Waals surface area contributed by atoms with Crippen molar-refractivity contribution in [2.45, 2.75) is 13.2 Å². The Kier molecular flexibility index (Phi) is 4.66. The summed E-state index contributed by atoms with van der Waals surface area (Å²) in [7, 11) is 1.87. The fraction of sp³-hybridized carbons (Fsp3) is 0.143. The summed E-state index contributed by atoms with van der Waals surface area (Å²) in [4.78, 5) is 7.67. The van der Waals surface area contributed by atoms with Gasteiger partial charge in [-0.25, -0.2) is 9.67 Å². The minimum Gasteiger partial charge on any atom is -0.435 e. The first-order chi connectivity index (χ1) is 15.0. The molecule has 8 nitrogen and oxygen atoms in total. The number of ether oxygens (including phenoxy) is 1. The van der Waals surface area contributed by atoms with E-state index in [9.17, 15) is 8.78 Å². The zero-order valence-electron chi connectivity index (χ0n) is 16.4. The highest BCUT2D eigenvalue weighted by Crippen LogP contribution is 2.29. The molecule has 0 aliphatic heterocycles. The van der Waals surface area contributed by atoms with Crippen LogP contribution in [0.4, 0.5) is 8.78 Å². The van der Waals surface area contributed by atoms with Gasteiger partial charge in [0, 0.05) is 47.7 Å². The Morgan fingerprint density at radius 3 is 2.68 bits per heavy atom. The maximum absolute atomic E-state index is 12.3. The molecule has 4 aromatic heterocycles. The van der Waals surface area contributed by atoms with E-state index in [0.717, 1.165) is 33.3 Å². The number of pyridine rings is 1. The highest BCUT2D eigenvalue weighted by atomic mass is 19.3. The second-order valence-electron chi connectivity index (χ2n) is 7.05. The molecule has 0 atom stereocenters. The molecule has 0 saturated carbocycles. The largest absolute Gasteiger partial charge is 0.435 e. The lowest BCUT2D eigenvalue weighted by atomic mass is 10.1. The summed E-state index contributed by atoms with van der Waals surface area (Å²) in [6.45, 7) is -2.39. The fourth-order valence-corrected chi connectivity index (χ4v) is 3.41. The topological polar surface area (TPSA) is 86.4 Å². The molecule has 0 saturated heterocycles. The van der Waals surface area contributed by atoms with Gasteiger partial charge in [-0.1, -0.05) is 17.3 Å². The summed E-state index contributed by atoms with van der Waals surface area (Å²) in [5.41, 5.74) is 5.17. The van der Waals surface area contributed by atoms with E-state index in [-0.39, 0.29) is 5.75 Å². The van der Waals surface area contributed by atoms with Gasteiger partial charge in [-0.2, -0.15) is 13.9 Å². The van der Waals surface area contributed by atoms with E-state index in [0.29, 0.717) is 12.2 Å². The van der Waals surface area contributed by atoms with E-state index < -0.39 is 6.61 Å². The third-order valence-electron chi connectivity index (χ3n) is 4.88. The van der Waals surface area contributed by atoms with Crippen LogP contribution in [0.2, 0.25) is 0 Å². The molecule has 4 heterocycles. The number of hydrogen-bond acceptors (Lipinski definition) is 5. The lowest BCUT2D eigenvalue weighted by Gasteiger charge is -2.05. The predicted octanol–water partition coefficient (Wildman–Crippen LogP) is 3.87. The lowest BCUT2D eigenvalue weighted by molar-refractivity contribution is -0.0498. The van der Waals surface area contributed by atoms with E-state index in [1.807, 2.05) is 31.7 Å². The van der Waals surface area contributed by atoms with Crippen molar-refractivity contribution in [2.24, 2.45) is 7.05 Å². The van der Waals surface area contributed by atoms with Crippen molar-refractivity contribution in [1.82, 2.24) is 34.7 Å². The van der Waals surface area contributed by atoms with Crippen LogP contribution in [0.15, 0.2) is 61.3 Å². The predicted molar refractivity (Wildman–Crippen MR) is 109 cm³/mol. The molecule has 0 unspecified atom stereocenters. The summed E-state index contributed by atoms with van der Waals surface area (Å²) in [5.74, 6) is 0.119. The SMILES string of the molecule is Cn1cc(-c2cnc3[nH]cc(-c4cn(Cc5ccc(OC(F)F)cc5)nn4)c3c2)cn1. The number of hydrogen-bond donors (Lipinski definition) is 1. The second-order valence-corrected chi connectivity index (χ2v) is 7.05. The van der Waals surface area contributed by atoms with Crippen LogP contribution in [0.3, 0.4) is 0 Å². The zero-order chi connectivity index (χ0) is 21.4. The third-order valence-corrected chi connectivity index (χ3v) is 4.88. The minimum atomic E-state index is -2.84. The van der Waals surface area contributed by atoms with Crippen molar-refractivity contribution in [3.8, 4) is 28.1 Å². The van der Waals surface area contributed by atoms with Crippen molar-refractivity contribution in [3.63, 3.8) is 0 Å². The van der Waals surface area contributed by atoms with Gasteiger partial charge in [-0.05, 0) is 23.8 Å². The zero-order valence-corrected chi connectivity index (χ0v) is 16.4. The molecule has 5 rings (SSSR count).